The lowest BCUT2D eigenvalue weighted by Crippen LogP contribution is -2.43. The molecule has 1 aromatic carbocycles. The maximum absolute atomic E-state index is 8.88. The van der Waals surface area contributed by atoms with Crippen molar-refractivity contribution in [2.24, 2.45) is 0 Å². The van der Waals surface area contributed by atoms with Crippen LogP contribution in [0.4, 0.5) is 5.69 Å². The summed E-state index contributed by atoms with van der Waals surface area (Å²) in [5.41, 5.74) is 1.85. The number of nitrogens with zero attached hydrogens (tertiary/aromatic N) is 2. The molecule has 3 nitrogen and oxygen atoms in total. The van der Waals surface area contributed by atoms with E-state index in [2.05, 4.69) is 33.8 Å². The van der Waals surface area contributed by atoms with Crippen LogP contribution in [0, 0.1) is 11.3 Å². The van der Waals surface area contributed by atoms with Gasteiger partial charge in [-0.15, -0.1) is 0 Å². The Kier molecular flexibility index (Phi) is 4.26. The number of piperidine rings is 1. The minimum atomic E-state index is 0.369. The fraction of sp³-hybridized carbons (Fsp3) is 0.500. The van der Waals surface area contributed by atoms with Crippen LogP contribution in [-0.2, 0) is 4.74 Å². The molecule has 2 rings (SSSR count). The quantitative estimate of drug-likeness (QED) is 0.841. The largest absolute Gasteiger partial charge is 0.381 e. The minimum Gasteiger partial charge on any atom is -0.381 e. The van der Waals surface area contributed by atoms with Gasteiger partial charge in [-0.1, -0.05) is 0 Å². The van der Waals surface area contributed by atoms with Crippen LogP contribution in [0.3, 0.4) is 0 Å². The number of hydrogen-bond acceptors (Lipinski definition) is 3. The van der Waals surface area contributed by atoms with Crippen molar-refractivity contribution in [1.29, 1.82) is 5.26 Å². The first-order valence-electron chi connectivity index (χ1n) is 6.14. The Bertz CT molecular complexity index is 469. The molecule has 0 aliphatic carbocycles. The molecule has 1 aliphatic heterocycles. The Balaban J connectivity index is 2.20. The fourth-order valence-electron chi connectivity index (χ4n) is 2.51. The van der Waals surface area contributed by atoms with Crippen molar-refractivity contribution in [3.8, 4) is 6.07 Å². The highest BCUT2D eigenvalue weighted by Crippen LogP contribution is 2.32. The fourth-order valence-corrected chi connectivity index (χ4v) is 3.12. The van der Waals surface area contributed by atoms with Crippen LogP contribution >= 0.6 is 15.9 Å². The third kappa shape index (κ3) is 2.68. The van der Waals surface area contributed by atoms with Gasteiger partial charge in [0.15, 0.2) is 0 Å². The van der Waals surface area contributed by atoms with Crippen molar-refractivity contribution >= 4 is 21.6 Å². The molecule has 0 radical (unpaired) electrons. The van der Waals surface area contributed by atoms with E-state index >= 15 is 0 Å². The molecule has 1 aromatic rings. The molecule has 0 saturated carbocycles. The highest BCUT2D eigenvalue weighted by atomic mass is 79.9. The van der Waals surface area contributed by atoms with E-state index in [-0.39, 0.29) is 0 Å². The topological polar surface area (TPSA) is 36.3 Å². The molecule has 18 heavy (non-hydrogen) atoms. The van der Waals surface area contributed by atoms with Crippen molar-refractivity contribution < 1.29 is 4.74 Å². The van der Waals surface area contributed by atoms with Crippen LogP contribution < -0.4 is 4.90 Å². The molecule has 4 heteroatoms. The van der Waals surface area contributed by atoms with Crippen molar-refractivity contribution in [1.82, 2.24) is 0 Å². The van der Waals surface area contributed by atoms with Gasteiger partial charge in [0.25, 0.3) is 0 Å². The summed E-state index contributed by atoms with van der Waals surface area (Å²) in [6.07, 6.45) is 2.46. The molecule has 2 unspecified atom stereocenters. The number of ether oxygens (including phenoxy) is 1. The number of halogens is 1. The lowest BCUT2D eigenvalue weighted by molar-refractivity contribution is 0.0721. The molecule has 0 aromatic heterocycles. The smallest absolute Gasteiger partial charge is 0.0992 e. The second-order valence-electron chi connectivity index (χ2n) is 4.70. The summed E-state index contributed by atoms with van der Waals surface area (Å²) in [6, 6.07) is 8.38. The van der Waals surface area contributed by atoms with Gasteiger partial charge in [0.05, 0.1) is 23.4 Å². The highest BCUT2D eigenvalue weighted by Gasteiger charge is 2.26. The maximum atomic E-state index is 8.88. The Morgan fingerprint density at radius 1 is 1.50 bits per heavy atom. The molecule has 1 fully saturated rings. The van der Waals surface area contributed by atoms with Gasteiger partial charge < -0.3 is 9.64 Å². The Labute approximate surface area is 116 Å². The van der Waals surface area contributed by atoms with Gasteiger partial charge in [0, 0.05) is 24.2 Å². The normalized spacial score (nSPS) is 23.8. The molecule has 1 heterocycles. The summed E-state index contributed by atoms with van der Waals surface area (Å²) < 4.78 is 6.42. The minimum absolute atomic E-state index is 0.369. The van der Waals surface area contributed by atoms with Gasteiger partial charge in [0.2, 0.25) is 0 Å². The lowest BCUT2D eigenvalue weighted by atomic mass is 9.99. The van der Waals surface area contributed by atoms with Gasteiger partial charge in [-0.3, -0.25) is 0 Å². The first-order chi connectivity index (χ1) is 8.65. The van der Waals surface area contributed by atoms with Crippen molar-refractivity contribution in [3.63, 3.8) is 0 Å². The molecule has 1 saturated heterocycles. The summed E-state index contributed by atoms with van der Waals surface area (Å²) in [5.74, 6) is 0. The molecule has 0 amide bonds. The van der Waals surface area contributed by atoms with Crippen molar-refractivity contribution in [2.45, 2.75) is 31.9 Å². The molecule has 0 N–H and O–H groups in total. The summed E-state index contributed by atoms with van der Waals surface area (Å²) in [7, 11) is 1.78. The second kappa shape index (κ2) is 5.73. The lowest BCUT2D eigenvalue weighted by Gasteiger charge is -2.39. The number of hydrogen-bond donors (Lipinski definition) is 0. The van der Waals surface area contributed by atoms with Gasteiger partial charge in [-0.25, -0.2) is 0 Å². The zero-order chi connectivity index (χ0) is 13.1. The SMILES string of the molecule is COC1CCN(c2ccc(C#N)cc2Br)C(C)C1. The van der Waals surface area contributed by atoms with Crippen LogP contribution in [0.1, 0.15) is 25.3 Å². The summed E-state index contributed by atoms with van der Waals surface area (Å²) in [5, 5.41) is 8.88. The molecule has 1 aliphatic rings. The first-order valence-corrected chi connectivity index (χ1v) is 6.94. The van der Waals surface area contributed by atoms with Crippen LogP contribution in [0.15, 0.2) is 22.7 Å². The van der Waals surface area contributed by atoms with Crippen molar-refractivity contribution in [3.05, 3.63) is 28.2 Å². The first kappa shape index (κ1) is 13.4. The third-order valence-electron chi connectivity index (χ3n) is 3.55. The van der Waals surface area contributed by atoms with E-state index in [9.17, 15) is 0 Å². The molecule has 2 atom stereocenters. The second-order valence-corrected chi connectivity index (χ2v) is 5.56. The average Bonchev–Trinajstić information content (AvgIpc) is 2.39. The Morgan fingerprint density at radius 3 is 2.83 bits per heavy atom. The number of methoxy groups -OCH3 is 1. The van der Waals surface area contributed by atoms with Crippen LogP contribution in [0.5, 0.6) is 0 Å². The Morgan fingerprint density at radius 2 is 2.28 bits per heavy atom. The summed E-state index contributed by atoms with van der Waals surface area (Å²) in [4.78, 5) is 2.38. The number of benzene rings is 1. The van der Waals surface area contributed by atoms with Gasteiger partial charge >= 0.3 is 0 Å². The standard InChI is InChI=1S/C14H17BrN2O/c1-10-7-12(18-2)5-6-17(10)14-4-3-11(9-16)8-13(14)15/h3-4,8,10,12H,5-7H2,1-2H3. The van der Waals surface area contributed by atoms with E-state index < -0.39 is 0 Å². The predicted octanol–water partition coefficient (Wildman–Crippen LogP) is 3.32. The number of anilines is 1. The van der Waals surface area contributed by atoms with E-state index in [0.717, 1.165) is 29.5 Å². The zero-order valence-electron chi connectivity index (χ0n) is 10.7. The van der Waals surface area contributed by atoms with E-state index in [1.807, 2.05) is 18.2 Å². The van der Waals surface area contributed by atoms with Crippen LogP contribution in [0.25, 0.3) is 0 Å². The van der Waals surface area contributed by atoms with E-state index in [1.165, 1.54) is 0 Å². The predicted molar refractivity (Wildman–Crippen MR) is 75.7 cm³/mol. The zero-order valence-corrected chi connectivity index (χ0v) is 12.3. The van der Waals surface area contributed by atoms with E-state index in [1.54, 1.807) is 7.11 Å². The highest BCUT2D eigenvalue weighted by molar-refractivity contribution is 9.10. The van der Waals surface area contributed by atoms with Crippen molar-refractivity contribution in [2.75, 3.05) is 18.6 Å². The van der Waals surface area contributed by atoms with Gasteiger partial charge in [0.1, 0.15) is 0 Å². The summed E-state index contributed by atoms with van der Waals surface area (Å²) >= 11 is 3.56. The monoisotopic (exact) mass is 308 g/mol. The summed E-state index contributed by atoms with van der Waals surface area (Å²) in [6.45, 7) is 3.21. The van der Waals surface area contributed by atoms with E-state index in [0.29, 0.717) is 17.7 Å². The van der Waals surface area contributed by atoms with Crippen LogP contribution in [-0.4, -0.2) is 25.8 Å². The molecule has 0 bridgehead atoms. The number of nitriles is 1. The molecular weight excluding hydrogens is 292 g/mol. The third-order valence-corrected chi connectivity index (χ3v) is 4.18. The average molecular weight is 309 g/mol. The Hall–Kier alpha value is -1.05. The number of rotatable bonds is 2. The van der Waals surface area contributed by atoms with E-state index in [4.69, 9.17) is 10.00 Å². The van der Waals surface area contributed by atoms with Crippen LogP contribution in [0.2, 0.25) is 0 Å². The molecule has 96 valence electrons. The maximum Gasteiger partial charge on any atom is 0.0992 e. The van der Waals surface area contributed by atoms with Gasteiger partial charge in [-0.2, -0.15) is 5.26 Å². The molecule has 0 spiro atoms. The molecular formula is C14H17BrN2O. The van der Waals surface area contributed by atoms with Gasteiger partial charge in [-0.05, 0) is 53.9 Å².